The van der Waals surface area contributed by atoms with Crippen molar-refractivity contribution < 1.29 is 36.1 Å². The van der Waals surface area contributed by atoms with Gasteiger partial charge in [-0.3, -0.25) is 0 Å². The predicted octanol–water partition coefficient (Wildman–Crippen LogP) is -0.963. The highest BCUT2D eigenvalue weighted by atomic mass is 79.9. The molecular weight excluding hydrogens is 346 g/mol. The lowest BCUT2D eigenvalue weighted by Crippen LogP contribution is -3.00. The topological polar surface area (TPSA) is 46.5 Å². The summed E-state index contributed by atoms with van der Waals surface area (Å²) < 4.78 is 6.63. The van der Waals surface area contributed by atoms with E-state index in [1.165, 1.54) is 12.8 Å². The van der Waals surface area contributed by atoms with Crippen molar-refractivity contribution >= 4 is 5.97 Å². The Labute approximate surface area is 142 Å². The van der Waals surface area contributed by atoms with E-state index in [-0.39, 0.29) is 23.1 Å². The number of hydrogen-bond donors (Lipinski definition) is 1. The summed E-state index contributed by atoms with van der Waals surface area (Å²) in [6.45, 7) is 0. The third-order valence-electron chi connectivity index (χ3n) is 5.41. The van der Waals surface area contributed by atoms with Crippen molar-refractivity contribution in [2.24, 2.45) is 0 Å². The summed E-state index contributed by atoms with van der Waals surface area (Å²) in [6.07, 6.45) is 3.04. The molecule has 2 fully saturated rings. The van der Waals surface area contributed by atoms with Gasteiger partial charge in [-0.05, 0) is 5.56 Å². The Morgan fingerprint density at radius 2 is 1.73 bits per heavy atom. The molecular formula is C17H24BrNO3. The van der Waals surface area contributed by atoms with Crippen molar-refractivity contribution in [3.63, 3.8) is 0 Å². The van der Waals surface area contributed by atoms with Gasteiger partial charge in [0.05, 0.1) is 26.2 Å². The standard InChI is InChI=1S/C17H24NO3.BrH/c1-18(2)13-8-9-14(18)11-15(10-13)21-17(20)16(19)12-6-4-3-5-7-12;/h3-7,13-16,19H,8-11H2,1-2H3;1H/q+1;/p-1/t13-,14?,15?,16?;/m1./s1. The van der Waals surface area contributed by atoms with Crippen LogP contribution in [0.4, 0.5) is 0 Å². The van der Waals surface area contributed by atoms with Crippen LogP contribution in [0.1, 0.15) is 37.4 Å². The zero-order chi connectivity index (χ0) is 15.0. The van der Waals surface area contributed by atoms with E-state index in [1.54, 1.807) is 12.1 Å². The molecule has 2 heterocycles. The Hall–Kier alpha value is -0.910. The SMILES string of the molecule is C[N+]1(C)C2CC[C@@H]1CC(OC(=O)C(O)c1ccccc1)C2.[Br-]. The lowest BCUT2D eigenvalue weighted by atomic mass is 9.97. The van der Waals surface area contributed by atoms with E-state index in [2.05, 4.69) is 14.1 Å². The molecule has 2 aliphatic rings. The number of aliphatic hydroxyl groups is 1. The van der Waals surface area contributed by atoms with Crippen LogP contribution in [0.3, 0.4) is 0 Å². The number of quaternary nitrogens is 1. The quantitative estimate of drug-likeness (QED) is 0.551. The molecule has 2 bridgehead atoms. The van der Waals surface area contributed by atoms with E-state index < -0.39 is 12.1 Å². The number of rotatable bonds is 3. The lowest BCUT2D eigenvalue weighted by molar-refractivity contribution is -0.931. The first-order chi connectivity index (χ1) is 9.98. The van der Waals surface area contributed by atoms with E-state index in [0.29, 0.717) is 17.6 Å². The molecule has 3 rings (SSSR count). The number of piperidine rings is 1. The van der Waals surface area contributed by atoms with Gasteiger partial charge in [-0.2, -0.15) is 0 Å². The van der Waals surface area contributed by atoms with Crippen LogP contribution in [0.15, 0.2) is 30.3 Å². The maximum Gasteiger partial charge on any atom is 0.339 e. The van der Waals surface area contributed by atoms with Gasteiger partial charge in [0.25, 0.3) is 0 Å². The van der Waals surface area contributed by atoms with Crippen molar-refractivity contribution in [2.75, 3.05) is 14.1 Å². The van der Waals surface area contributed by atoms with E-state index in [9.17, 15) is 9.90 Å². The van der Waals surface area contributed by atoms with Gasteiger partial charge in [-0.1, -0.05) is 30.3 Å². The van der Waals surface area contributed by atoms with E-state index in [0.717, 1.165) is 17.3 Å². The molecule has 3 unspecified atom stereocenters. The fraction of sp³-hybridized carbons (Fsp3) is 0.588. The van der Waals surface area contributed by atoms with Crippen molar-refractivity contribution in [1.82, 2.24) is 0 Å². The van der Waals surface area contributed by atoms with Gasteiger partial charge in [0.15, 0.2) is 6.10 Å². The average Bonchev–Trinajstić information content (AvgIpc) is 2.67. The first-order valence-corrected chi connectivity index (χ1v) is 7.75. The first kappa shape index (κ1) is 17.4. The molecule has 0 saturated carbocycles. The Bertz CT molecular complexity index is 504. The molecule has 122 valence electrons. The molecule has 2 aliphatic heterocycles. The third-order valence-corrected chi connectivity index (χ3v) is 5.41. The largest absolute Gasteiger partial charge is 1.00 e. The van der Waals surface area contributed by atoms with Gasteiger partial charge in [0, 0.05) is 25.7 Å². The van der Waals surface area contributed by atoms with Crippen molar-refractivity contribution in [3.05, 3.63) is 35.9 Å². The van der Waals surface area contributed by atoms with Gasteiger partial charge in [-0.15, -0.1) is 0 Å². The molecule has 1 N–H and O–H groups in total. The van der Waals surface area contributed by atoms with Crippen LogP contribution in [0.2, 0.25) is 0 Å². The second-order valence-corrected chi connectivity index (χ2v) is 6.86. The molecule has 0 spiro atoms. The van der Waals surface area contributed by atoms with Gasteiger partial charge < -0.3 is 31.3 Å². The first-order valence-electron chi connectivity index (χ1n) is 7.75. The normalized spacial score (nSPS) is 30.2. The number of carbonyl (C=O) groups excluding carboxylic acids is 1. The second-order valence-electron chi connectivity index (χ2n) is 6.86. The fourth-order valence-corrected chi connectivity index (χ4v) is 3.93. The van der Waals surface area contributed by atoms with Crippen LogP contribution in [0, 0.1) is 0 Å². The second kappa shape index (κ2) is 6.69. The molecule has 5 heteroatoms. The molecule has 2 saturated heterocycles. The highest BCUT2D eigenvalue weighted by molar-refractivity contribution is 5.76. The summed E-state index contributed by atoms with van der Waals surface area (Å²) in [5.41, 5.74) is 0.595. The highest BCUT2D eigenvalue weighted by Crippen LogP contribution is 2.40. The summed E-state index contributed by atoms with van der Waals surface area (Å²) >= 11 is 0. The van der Waals surface area contributed by atoms with Crippen LogP contribution in [-0.2, 0) is 9.53 Å². The van der Waals surface area contributed by atoms with Crippen molar-refractivity contribution in [2.45, 2.75) is 50.0 Å². The number of nitrogens with zero attached hydrogens (tertiary/aromatic N) is 1. The maximum absolute atomic E-state index is 12.1. The summed E-state index contributed by atoms with van der Waals surface area (Å²) in [6, 6.07) is 10.1. The van der Waals surface area contributed by atoms with E-state index in [1.807, 2.05) is 18.2 Å². The molecule has 1 aromatic rings. The Morgan fingerprint density at radius 3 is 2.27 bits per heavy atom. The molecule has 4 atom stereocenters. The monoisotopic (exact) mass is 369 g/mol. The predicted molar refractivity (Wildman–Crippen MR) is 79.4 cm³/mol. The number of aliphatic hydroxyl groups excluding tert-OH is 1. The van der Waals surface area contributed by atoms with Crippen LogP contribution in [-0.4, -0.2) is 47.8 Å². The van der Waals surface area contributed by atoms with Crippen LogP contribution in [0.5, 0.6) is 0 Å². The lowest BCUT2D eigenvalue weighted by Gasteiger charge is -2.43. The number of hydrogen-bond acceptors (Lipinski definition) is 3. The summed E-state index contributed by atoms with van der Waals surface area (Å²) in [5, 5.41) is 10.1. The number of ether oxygens (including phenoxy) is 1. The number of carbonyl (C=O) groups is 1. The summed E-state index contributed by atoms with van der Waals surface area (Å²) in [7, 11) is 4.55. The molecule has 0 amide bonds. The number of halogens is 1. The Balaban J connectivity index is 0.00000176. The molecule has 0 aromatic heterocycles. The van der Waals surface area contributed by atoms with E-state index >= 15 is 0 Å². The minimum Gasteiger partial charge on any atom is -1.00 e. The zero-order valence-electron chi connectivity index (χ0n) is 13.1. The number of fused-ring (bicyclic) bond motifs is 2. The van der Waals surface area contributed by atoms with Crippen LogP contribution < -0.4 is 17.0 Å². The van der Waals surface area contributed by atoms with Crippen LogP contribution >= 0.6 is 0 Å². The van der Waals surface area contributed by atoms with E-state index in [4.69, 9.17) is 4.74 Å². The fourth-order valence-electron chi connectivity index (χ4n) is 3.93. The molecule has 0 aliphatic carbocycles. The number of benzene rings is 1. The molecule has 0 radical (unpaired) electrons. The third kappa shape index (κ3) is 3.21. The zero-order valence-corrected chi connectivity index (χ0v) is 14.7. The Morgan fingerprint density at radius 1 is 1.18 bits per heavy atom. The van der Waals surface area contributed by atoms with Gasteiger partial charge in [-0.25, -0.2) is 4.79 Å². The highest BCUT2D eigenvalue weighted by Gasteiger charge is 2.50. The summed E-state index contributed by atoms with van der Waals surface area (Å²) in [5.74, 6) is -0.516. The average molecular weight is 370 g/mol. The van der Waals surface area contributed by atoms with Gasteiger partial charge >= 0.3 is 5.97 Å². The van der Waals surface area contributed by atoms with Crippen molar-refractivity contribution in [3.8, 4) is 0 Å². The van der Waals surface area contributed by atoms with Crippen molar-refractivity contribution in [1.29, 1.82) is 0 Å². The number of esters is 1. The minimum absolute atomic E-state index is 0. The minimum atomic E-state index is -1.17. The smallest absolute Gasteiger partial charge is 0.339 e. The van der Waals surface area contributed by atoms with Crippen LogP contribution in [0.25, 0.3) is 0 Å². The Kier molecular flexibility index (Phi) is 5.30. The van der Waals surface area contributed by atoms with Gasteiger partial charge in [0.2, 0.25) is 0 Å². The van der Waals surface area contributed by atoms with Gasteiger partial charge in [0.1, 0.15) is 6.10 Å². The molecule has 4 nitrogen and oxygen atoms in total. The molecule has 22 heavy (non-hydrogen) atoms. The molecule has 1 aromatic carbocycles. The maximum atomic E-state index is 12.1. The summed E-state index contributed by atoms with van der Waals surface area (Å²) in [4.78, 5) is 12.1.